The molecule has 0 spiro atoms. The maximum Gasteiger partial charge on any atom is 0.188 e. The van der Waals surface area contributed by atoms with Crippen LogP contribution in [-0.4, -0.2) is 73.3 Å². The Kier molecular flexibility index (Phi) is 16.8. The molecule has 0 saturated carbocycles. The van der Waals surface area contributed by atoms with Gasteiger partial charge in [0.25, 0.3) is 0 Å². The molecule has 39 heavy (non-hydrogen) atoms. The molecule has 7 heteroatoms. The standard InChI is InChI=1S/C23H35N3O2.C7H16N2.C2H6/c1-7-9-10-14-23(4,19-12-11-13-20(15-19)28-17-27-6)21-16-22(26(5)25-21)24-18(3)8-2;1-3-9-6-4-8(2)5-7-9;1-2/h8,11-13,15-16,24H,7,9-10,14,17H2,1-6H3;3-7H2,1-2H3;1-2H3/b18-8-;;. The Morgan fingerprint density at radius 2 is 1.77 bits per heavy atom. The van der Waals surface area contributed by atoms with Crippen molar-refractivity contribution in [3.63, 3.8) is 0 Å². The number of hydrogen-bond donors (Lipinski definition) is 1. The quantitative estimate of drug-likeness (QED) is 0.232. The summed E-state index contributed by atoms with van der Waals surface area (Å²) < 4.78 is 12.7. The van der Waals surface area contributed by atoms with E-state index in [1.165, 1.54) is 51.1 Å². The van der Waals surface area contributed by atoms with Crippen LogP contribution in [0.1, 0.15) is 85.4 Å². The number of unbranched alkanes of at least 4 members (excludes halogenated alkanes) is 2. The van der Waals surface area contributed by atoms with Crippen molar-refractivity contribution in [3.8, 4) is 5.75 Å². The van der Waals surface area contributed by atoms with Gasteiger partial charge in [0.05, 0.1) is 5.69 Å². The first-order valence-electron chi connectivity index (χ1n) is 14.8. The van der Waals surface area contributed by atoms with Crippen LogP contribution in [0.5, 0.6) is 5.75 Å². The third kappa shape index (κ3) is 11.3. The Hall–Kier alpha value is -2.35. The molecule has 1 aromatic heterocycles. The first kappa shape index (κ1) is 34.7. The largest absolute Gasteiger partial charge is 0.468 e. The van der Waals surface area contributed by atoms with Crippen molar-refractivity contribution in [2.24, 2.45) is 7.05 Å². The van der Waals surface area contributed by atoms with Crippen molar-refractivity contribution >= 4 is 5.82 Å². The lowest BCUT2D eigenvalue weighted by atomic mass is 9.75. The maximum absolute atomic E-state index is 5.68. The van der Waals surface area contributed by atoms with Gasteiger partial charge < -0.3 is 24.6 Å². The molecule has 1 atom stereocenters. The average molecular weight is 544 g/mol. The predicted molar refractivity (Wildman–Crippen MR) is 167 cm³/mol. The van der Waals surface area contributed by atoms with E-state index in [0.717, 1.165) is 35.8 Å². The number of likely N-dealkylation sites (N-methyl/N-ethyl adjacent to an activating group) is 2. The zero-order valence-electron chi connectivity index (χ0n) is 26.6. The van der Waals surface area contributed by atoms with Crippen molar-refractivity contribution in [1.82, 2.24) is 19.6 Å². The van der Waals surface area contributed by atoms with Crippen LogP contribution in [0.15, 0.2) is 42.1 Å². The molecule has 1 unspecified atom stereocenters. The minimum absolute atomic E-state index is 0.191. The first-order chi connectivity index (χ1) is 18.8. The summed E-state index contributed by atoms with van der Waals surface area (Å²) in [4.78, 5) is 4.87. The Bertz CT molecular complexity index is 950. The normalized spacial score (nSPS) is 15.9. The van der Waals surface area contributed by atoms with Gasteiger partial charge in [-0.15, -0.1) is 0 Å². The van der Waals surface area contributed by atoms with Gasteiger partial charge >= 0.3 is 0 Å². The van der Waals surface area contributed by atoms with Crippen molar-refractivity contribution in [1.29, 1.82) is 0 Å². The van der Waals surface area contributed by atoms with E-state index in [1.54, 1.807) is 7.11 Å². The van der Waals surface area contributed by atoms with Crippen molar-refractivity contribution in [2.45, 2.75) is 79.6 Å². The minimum atomic E-state index is -0.191. The van der Waals surface area contributed by atoms with Gasteiger partial charge in [0.1, 0.15) is 11.6 Å². The van der Waals surface area contributed by atoms with Gasteiger partial charge in [-0.1, -0.05) is 65.2 Å². The second-order valence-corrected chi connectivity index (χ2v) is 10.2. The number of nitrogens with zero attached hydrogens (tertiary/aromatic N) is 4. The number of aromatic nitrogens is 2. The monoisotopic (exact) mass is 543 g/mol. The number of hydrogen-bond acceptors (Lipinski definition) is 6. The number of nitrogens with one attached hydrogen (secondary N) is 1. The van der Waals surface area contributed by atoms with Crippen LogP contribution in [0.25, 0.3) is 0 Å². The van der Waals surface area contributed by atoms with E-state index in [1.807, 2.05) is 44.6 Å². The number of allylic oxidation sites excluding steroid dienone is 2. The summed E-state index contributed by atoms with van der Waals surface area (Å²) >= 11 is 0. The number of ether oxygens (including phenoxy) is 2. The Morgan fingerprint density at radius 1 is 1.08 bits per heavy atom. The number of aryl methyl sites for hydroxylation is 1. The molecule has 222 valence electrons. The lowest BCUT2D eigenvalue weighted by Crippen LogP contribution is -2.44. The molecule has 1 N–H and O–H groups in total. The Balaban J connectivity index is 0.000000578. The van der Waals surface area contributed by atoms with Gasteiger partial charge in [-0.05, 0) is 58.5 Å². The van der Waals surface area contributed by atoms with E-state index in [9.17, 15) is 0 Å². The molecular weight excluding hydrogens is 486 g/mol. The van der Waals surface area contributed by atoms with Crippen molar-refractivity contribution in [2.75, 3.05) is 59.0 Å². The average Bonchev–Trinajstić information content (AvgIpc) is 3.34. The molecule has 1 aliphatic heterocycles. The van der Waals surface area contributed by atoms with E-state index < -0.39 is 0 Å². The number of benzene rings is 1. The highest BCUT2D eigenvalue weighted by Crippen LogP contribution is 2.38. The summed E-state index contributed by atoms with van der Waals surface area (Å²) in [5, 5.41) is 8.31. The maximum atomic E-state index is 5.68. The van der Waals surface area contributed by atoms with E-state index in [0.29, 0.717) is 0 Å². The van der Waals surface area contributed by atoms with E-state index in [4.69, 9.17) is 14.6 Å². The van der Waals surface area contributed by atoms with E-state index in [-0.39, 0.29) is 12.2 Å². The Morgan fingerprint density at radius 3 is 2.36 bits per heavy atom. The lowest BCUT2D eigenvalue weighted by Gasteiger charge is -2.31. The van der Waals surface area contributed by atoms with Gasteiger partial charge in [0.15, 0.2) is 6.79 Å². The molecule has 0 amide bonds. The molecule has 3 rings (SSSR count). The fourth-order valence-corrected chi connectivity index (χ4v) is 4.50. The van der Waals surface area contributed by atoms with Crippen molar-refractivity contribution in [3.05, 3.63) is 53.4 Å². The molecule has 1 saturated heterocycles. The van der Waals surface area contributed by atoms with Crippen LogP contribution >= 0.6 is 0 Å². The smallest absolute Gasteiger partial charge is 0.188 e. The highest BCUT2D eigenvalue weighted by Gasteiger charge is 2.32. The number of anilines is 1. The van der Waals surface area contributed by atoms with Crippen LogP contribution in [-0.2, 0) is 17.2 Å². The van der Waals surface area contributed by atoms with Gasteiger partial charge in [-0.25, -0.2) is 0 Å². The first-order valence-corrected chi connectivity index (χ1v) is 14.8. The van der Waals surface area contributed by atoms with Crippen molar-refractivity contribution < 1.29 is 9.47 Å². The minimum Gasteiger partial charge on any atom is -0.468 e. The van der Waals surface area contributed by atoms with Crippen LogP contribution < -0.4 is 10.1 Å². The van der Waals surface area contributed by atoms with Gasteiger partial charge in [0.2, 0.25) is 0 Å². The van der Waals surface area contributed by atoms with Gasteiger partial charge in [-0.2, -0.15) is 5.10 Å². The van der Waals surface area contributed by atoms with Gasteiger partial charge in [0, 0.05) is 57.5 Å². The van der Waals surface area contributed by atoms with Crippen LogP contribution in [0.2, 0.25) is 0 Å². The molecular formula is C32H57N5O2. The van der Waals surface area contributed by atoms with Crippen LogP contribution in [0, 0.1) is 0 Å². The zero-order valence-corrected chi connectivity index (χ0v) is 26.6. The van der Waals surface area contributed by atoms with Crippen LogP contribution in [0.3, 0.4) is 0 Å². The number of methoxy groups -OCH3 is 1. The zero-order chi connectivity index (χ0) is 29.3. The van der Waals surface area contributed by atoms with E-state index >= 15 is 0 Å². The molecule has 2 aromatic rings. The summed E-state index contributed by atoms with van der Waals surface area (Å²) in [5.41, 5.74) is 3.20. The summed E-state index contributed by atoms with van der Waals surface area (Å²) in [6.07, 6.45) is 6.66. The second-order valence-electron chi connectivity index (χ2n) is 10.2. The molecule has 7 nitrogen and oxygen atoms in total. The molecule has 1 fully saturated rings. The highest BCUT2D eigenvalue weighted by atomic mass is 16.7. The molecule has 1 aliphatic rings. The fourth-order valence-electron chi connectivity index (χ4n) is 4.50. The molecule has 0 radical (unpaired) electrons. The van der Waals surface area contributed by atoms with E-state index in [2.05, 4.69) is 74.1 Å². The van der Waals surface area contributed by atoms with Crippen LogP contribution in [0.4, 0.5) is 5.82 Å². The number of rotatable bonds is 12. The molecule has 2 heterocycles. The second kappa shape index (κ2) is 18.9. The summed E-state index contributed by atoms with van der Waals surface area (Å²) in [5.74, 6) is 1.82. The summed E-state index contributed by atoms with van der Waals surface area (Å²) in [6.45, 7) is 21.3. The molecule has 0 aliphatic carbocycles. The SMILES string of the molecule is C/C=C(/C)Nc1cc(C(C)(CCCCC)c2cccc(OCOC)c2)nn1C.CC.CCN1CCN(C)CC1. The highest BCUT2D eigenvalue weighted by molar-refractivity contribution is 5.48. The summed E-state index contributed by atoms with van der Waals surface area (Å²) in [6, 6.07) is 10.5. The molecule has 1 aromatic carbocycles. The third-order valence-corrected chi connectivity index (χ3v) is 7.34. The van der Waals surface area contributed by atoms with Gasteiger partial charge in [-0.3, -0.25) is 4.68 Å². The lowest BCUT2D eigenvalue weighted by molar-refractivity contribution is 0.0510. The number of piperazine rings is 1. The predicted octanol–water partition coefficient (Wildman–Crippen LogP) is 6.90. The third-order valence-electron chi connectivity index (χ3n) is 7.34. The topological polar surface area (TPSA) is 54.8 Å². The Labute approximate surface area is 239 Å². The molecule has 0 bridgehead atoms. The summed E-state index contributed by atoms with van der Waals surface area (Å²) in [7, 11) is 5.81. The fraction of sp³-hybridized carbons (Fsp3) is 0.656.